The first kappa shape index (κ1) is 24.8. The molecule has 0 unspecified atom stereocenters. The standard InChI is InChI=1S/C23H25N3O7S/c1-30-20-12-11-17(22(31-2)23(20)32-3)14-24-25-21(27)16-26(15-18-8-7-13-33-18)34(28,29)19-9-5-4-6-10-19/h4-14H,15-16H2,1-3H3,(H,25,27)/b24-14-. The van der Waals surface area contributed by atoms with Gasteiger partial charge in [0.1, 0.15) is 5.76 Å². The maximum atomic E-state index is 13.1. The highest BCUT2D eigenvalue weighted by atomic mass is 32.2. The van der Waals surface area contributed by atoms with Gasteiger partial charge in [0.2, 0.25) is 15.8 Å². The van der Waals surface area contributed by atoms with Crippen molar-refractivity contribution in [3.8, 4) is 17.2 Å². The van der Waals surface area contributed by atoms with Crippen LogP contribution in [0.1, 0.15) is 11.3 Å². The molecule has 3 rings (SSSR count). The Bertz CT molecular complexity index is 1230. The maximum Gasteiger partial charge on any atom is 0.255 e. The van der Waals surface area contributed by atoms with Crippen LogP contribution in [-0.4, -0.2) is 52.7 Å². The monoisotopic (exact) mass is 487 g/mol. The average molecular weight is 488 g/mol. The van der Waals surface area contributed by atoms with Crippen LogP contribution in [0, 0.1) is 0 Å². The second-order valence-electron chi connectivity index (χ2n) is 6.88. The Morgan fingerprint density at radius 1 is 1.00 bits per heavy atom. The highest BCUT2D eigenvalue weighted by molar-refractivity contribution is 7.89. The Morgan fingerprint density at radius 3 is 2.35 bits per heavy atom. The number of carbonyl (C=O) groups is 1. The van der Waals surface area contributed by atoms with Crippen LogP contribution in [0.25, 0.3) is 0 Å². The molecular formula is C23H25N3O7S. The molecule has 0 atom stereocenters. The highest BCUT2D eigenvalue weighted by Gasteiger charge is 2.27. The first-order chi connectivity index (χ1) is 16.4. The van der Waals surface area contributed by atoms with E-state index >= 15 is 0 Å². The van der Waals surface area contributed by atoms with Gasteiger partial charge in [0.05, 0.1) is 51.8 Å². The number of nitrogens with one attached hydrogen (secondary N) is 1. The molecule has 0 aliphatic heterocycles. The maximum absolute atomic E-state index is 13.1. The van der Waals surface area contributed by atoms with Gasteiger partial charge in [0.25, 0.3) is 5.91 Å². The summed E-state index contributed by atoms with van der Waals surface area (Å²) in [7, 11) is 0.479. The molecule has 2 aromatic carbocycles. The number of rotatable bonds is 11. The third-order valence-electron chi connectivity index (χ3n) is 4.74. The van der Waals surface area contributed by atoms with Crippen molar-refractivity contribution in [2.75, 3.05) is 27.9 Å². The molecule has 0 aliphatic carbocycles. The molecule has 0 saturated carbocycles. The summed E-state index contributed by atoms with van der Waals surface area (Å²) in [5.74, 6) is 0.970. The molecule has 180 valence electrons. The van der Waals surface area contributed by atoms with Crippen molar-refractivity contribution < 1.29 is 31.8 Å². The first-order valence-electron chi connectivity index (χ1n) is 10.1. The van der Waals surface area contributed by atoms with Crippen LogP contribution in [0.2, 0.25) is 0 Å². The molecule has 1 N–H and O–H groups in total. The number of amides is 1. The number of sulfonamides is 1. The van der Waals surface area contributed by atoms with Crippen LogP contribution in [0.4, 0.5) is 0 Å². The summed E-state index contributed by atoms with van der Waals surface area (Å²) in [4.78, 5) is 12.7. The van der Waals surface area contributed by atoms with Crippen LogP contribution in [0.3, 0.4) is 0 Å². The molecule has 34 heavy (non-hydrogen) atoms. The number of benzene rings is 2. The van der Waals surface area contributed by atoms with Gasteiger partial charge in [-0.15, -0.1) is 0 Å². The Hall–Kier alpha value is -3.83. The molecular weight excluding hydrogens is 462 g/mol. The molecule has 0 bridgehead atoms. The zero-order valence-corrected chi connectivity index (χ0v) is 19.7. The second-order valence-corrected chi connectivity index (χ2v) is 8.82. The lowest BCUT2D eigenvalue weighted by Gasteiger charge is -2.20. The lowest BCUT2D eigenvalue weighted by atomic mass is 10.2. The normalized spacial score (nSPS) is 11.5. The zero-order chi connectivity index (χ0) is 24.6. The van der Waals surface area contributed by atoms with E-state index in [0.29, 0.717) is 28.6 Å². The molecule has 3 aromatic rings. The summed E-state index contributed by atoms with van der Waals surface area (Å²) in [6, 6.07) is 14.5. The van der Waals surface area contributed by atoms with Crippen LogP contribution in [0.15, 0.2) is 75.3 Å². The largest absolute Gasteiger partial charge is 0.493 e. The number of hydrogen-bond donors (Lipinski definition) is 1. The highest BCUT2D eigenvalue weighted by Crippen LogP contribution is 2.38. The van der Waals surface area contributed by atoms with E-state index in [9.17, 15) is 13.2 Å². The van der Waals surface area contributed by atoms with Crippen molar-refractivity contribution in [1.29, 1.82) is 0 Å². The van der Waals surface area contributed by atoms with Gasteiger partial charge in [-0.1, -0.05) is 18.2 Å². The number of carbonyl (C=O) groups excluding carboxylic acids is 1. The van der Waals surface area contributed by atoms with Crippen LogP contribution in [-0.2, 0) is 21.4 Å². The van der Waals surface area contributed by atoms with Gasteiger partial charge in [-0.3, -0.25) is 4.79 Å². The molecule has 1 aromatic heterocycles. The number of methoxy groups -OCH3 is 3. The predicted octanol–water partition coefficient (Wildman–Crippen LogP) is 2.65. The Balaban J connectivity index is 1.77. The molecule has 0 spiro atoms. The van der Waals surface area contributed by atoms with Crippen molar-refractivity contribution in [1.82, 2.24) is 9.73 Å². The van der Waals surface area contributed by atoms with Crippen molar-refractivity contribution >= 4 is 22.1 Å². The minimum atomic E-state index is -3.97. The number of nitrogens with zero attached hydrogens (tertiary/aromatic N) is 2. The smallest absolute Gasteiger partial charge is 0.255 e. The molecule has 1 amide bonds. The molecule has 11 heteroatoms. The van der Waals surface area contributed by atoms with E-state index in [1.54, 1.807) is 42.5 Å². The zero-order valence-electron chi connectivity index (χ0n) is 18.9. The first-order valence-corrected chi connectivity index (χ1v) is 11.5. The summed E-state index contributed by atoms with van der Waals surface area (Å²) >= 11 is 0. The molecule has 0 aliphatic rings. The topological polar surface area (TPSA) is 120 Å². The number of hydrazone groups is 1. The van der Waals surface area contributed by atoms with Crippen molar-refractivity contribution in [2.24, 2.45) is 5.10 Å². The summed E-state index contributed by atoms with van der Waals surface area (Å²) in [5.41, 5.74) is 2.87. The summed E-state index contributed by atoms with van der Waals surface area (Å²) in [5, 5.41) is 3.94. The number of ether oxygens (including phenoxy) is 3. The van der Waals surface area contributed by atoms with Gasteiger partial charge in [0.15, 0.2) is 11.5 Å². The van der Waals surface area contributed by atoms with Gasteiger partial charge in [0, 0.05) is 5.56 Å². The summed E-state index contributed by atoms with van der Waals surface area (Å²) in [6.45, 7) is -0.594. The SMILES string of the molecule is COc1ccc(/C=N\NC(=O)CN(Cc2ccco2)S(=O)(=O)c2ccccc2)c(OC)c1OC. The lowest BCUT2D eigenvalue weighted by molar-refractivity contribution is -0.121. The minimum Gasteiger partial charge on any atom is -0.493 e. The molecule has 10 nitrogen and oxygen atoms in total. The molecule has 0 saturated heterocycles. The van der Waals surface area contributed by atoms with E-state index in [4.69, 9.17) is 18.6 Å². The van der Waals surface area contributed by atoms with Crippen molar-refractivity contribution in [3.63, 3.8) is 0 Å². The Kier molecular flexibility index (Phi) is 8.28. The van der Waals surface area contributed by atoms with Gasteiger partial charge in [-0.2, -0.15) is 9.41 Å². The molecule has 0 radical (unpaired) electrons. The fourth-order valence-corrected chi connectivity index (χ4v) is 4.52. The van der Waals surface area contributed by atoms with Crippen LogP contribution < -0.4 is 19.6 Å². The Labute approximate surface area is 197 Å². The third-order valence-corrected chi connectivity index (χ3v) is 6.55. The van der Waals surface area contributed by atoms with Crippen molar-refractivity contribution in [2.45, 2.75) is 11.4 Å². The van der Waals surface area contributed by atoms with E-state index in [-0.39, 0.29) is 11.4 Å². The summed E-state index contributed by atoms with van der Waals surface area (Å²) in [6.07, 6.45) is 2.80. The van der Waals surface area contributed by atoms with E-state index in [1.165, 1.54) is 45.9 Å². The van der Waals surface area contributed by atoms with Gasteiger partial charge in [-0.05, 0) is 36.4 Å². The van der Waals surface area contributed by atoms with E-state index in [0.717, 1.165) is 4.31 Å². The second kappa shape index (κ2) is 11.3. The average Bonchev–Trinajstić information content (AvgIpc) is 3.36. The predicted molar refractivity (Wildman–Crippen MR) is 125 cm³/mol. The van der Waals surface area contributed by atoms with E-state index in [1.807, 2.05) is 0 Å². The summed E-state index contributed by atoms with van der Waals surface area (Å²) < 4.78 is 48.5. The van der Waals surface area contributed by atoms with Gasteiger partial charge >= 0.3 is 0 Å². The third kappa shape index (κ3) is 5.74. The number of furan rings is 1. The Morgan fingerprint density at radius 2 is 1.74 bits per heavy atom. The van der Waals surface area contributed by atoms with Gasteiger partial charge < -0.3 is 18.6 Å². The van der Waals surface area contributed by atoms with Gasteiger partial charge in [-0.25, -0.2) is 13.8 Å². The van der Waals surface area contributed by atoms with Crippen LogP contribution >= 0.6 is 0 Å². The van der Waals surface area contributed by atoms with E-state index in [2.05, 4.69) is 10.5 Å². The van der Waals surface area contributed by atoms with E-state index < -0.39 is 22.5 Å². The molecule has 1 heterocycles. The number of hydrogen-bond acceptors (Lipinski definition) is 8. The van der Waals surface area contributed by atoms with Crippen LogP contribution in [0.5, 0.6) is 17.2 Å². The quantitative estimate of drug-likeness (QED) is 0.326. The molecule has 0 fully saturated rings. The fraction of sp³-hybridized carbons (Fsp3) is 0.217. The lowest BCUT2D eigenvalue weighted by Crippen LogP contribution is -2.39. The fourth-order valence-electron chi connectivity index (χ4n) is 3.14. The minimum absolute atomic E-state index is 0.0629. The van der Waals surface area contributed by atoms with Crippen molar-refractivity contribution in [3.05, 3.63) is 72.2 Å².